The molecule has 5 nitrogen and oxygen atoms in total. The Bertz CT molecular complexity index is 433. The normalized spacial score (nSPS) is 18.6. The van der Waals surface area contributed by atoms with Gasteiger partial charge < -0.3 is 15.3 Å². The summed E-state index contributed by atoms with van der Waals surface area (Å²) in [6.07, 6.45) is 1.34. The topological polar surface area (TPSA) is 69.6 Å². The molecule has 2 amide bonds. The van der Waals surface area contributed by atoms with Crippen LogP contribution < -0.4 is 5.32 Å². The van der Waals surface area contributed by atoms with E-state index < -0.39 is 0 Å². The van der Waals surface area contributed by atoms with Crippen molar-refractivity contribution < 1.29 is 14.7 Å². The van der Waals surface area contributed by atoms with Gasteiger partial charge in [-0.15, -0.1) is 11.3 Å². The van der Waals surface area contributed by atoms with Gasteiger partial charge in [-0.25, -0.2) is 0 Å². The lowest BCUT2D eigenvalue weighted by atomic mass is 10.2. The molecule has 104 valence electrons. The zero-order valence-corrected chi connectivity index (χ0v) is 11.5. The lowest BCUT2D eigenvalue weighted by molar-refractivity contribution is -0.130. The van der Waals surface area contributed by atoms with Gasteiger partial charge in [-0.1, -0.05) is 6.07 Å². The van der Waals surface area contributed by atoms with Crippen LogP contribution in [-0.2, 0) is 4.79 Å². The van der Waals surface area contributed by atoms with Crippen molar-refractivity contribution in [2.75, 3.05) is 19.6 Å². The highest BCUT2D eigenvalue weighted by molar-refractivity contribution is 7.12. The maximum absolute atomic E-state index is 11.8. The van der Waals surface area contributed by atoms with E-state index in [0.29, 0.717) is 43.8 Å². The van der Waals surface area contributed by atoms with E-state index in [0.717, 1.165) is 0 Å². The fourth-order valence-corrected chi connectivity index (χ4v) is 2.70. The molecule has 6 heteroatoms. The van der Waals surface area contributed by atoms with Crippen LogP contribution in [0, 0.1) is 0 Å². The molecule has 1 atom stereocenters. The molecule has 0 radical (unpaired) electrons. The minimum atomic E-state index is -0.373. The maximum Gasteiger partial charge on any atom is 0.261 e. The van der Waals surface area contributed by atoms with Crippen LogP contribution in [-0.4, -0.2) is 47.6 Å². The van der Waals surface area contributed by atoms with Crippen molar-refractivity contribution in [3.63, 3.8) is 0 Å². The maximum atomic E-state index is 11.8. The minimum absolute atomic E-state index is 0.0573. The average molecular weight is 282 g/mol. The third-order valence-electron chi connectivity index (χ3n) is 3.11. The van der Waals surface area contributed by atoms with E-state index in [1.54, 1.807) is 11.0 Å². The molecule has 0 aliphatic carbocycles. The fraction of sp³-hybridized carbons (Fsp3) is 0.538. The summed E-state index contributed by atoms with van der Waals surface area (Å²) in [6, 6.07) is 3.61. The number of likely N-dealkylation sites (tertiary alicyclic amines) is 1. The summed E-state index contributed by atoms with van der Waals surface area (Å²) in [7, 11) is 0. The van der Waals surface area contributed by atoms with Gasteiger partial charge in [0.2, 0.25) is 5.91 Å². The minimum Gasteiger partial charge on any atom is -0.391 e. The van der Waals surface area contributed by atoms with Crippen molar-refractivity contribution in [3.05, 3.63) is 22.4 Å². The zero-order chi connectivity index (χ0) is 13.7. The first-order chi connectivity index (χ1) is 9.16. The Labute approximate surface area is 116 Å². The highest BCUT2D eigenvalue weighted by Crippen LogP contribution is 2.11. The van der Waals surface area contributed by atoms with Gasteiger partial charge in [-0.2, -0.15) is 0 Å². The number of nitrogens with one attached hydrogen (secondary N) is 1. The number of amides is 2. The summed E-state index contributed by atoms with van der Waals surface area (Å²) in [5, 5.41) is 14.0. The predicted octanol–water partition coefficient (Wildman–Crippen LogP) is 0.851. The van der Waals surface area contributed by atoms with Gasteiger partial charge in [-0.05, 0) is 24.3 Å². The average Bonchev–Trinajstić information content (AvgIpc) is 3.04. The van der Waals surface area contributed by atoms with Gasteiger partial charge in [0, 0.05) is 26.1 Å². The lowest BCUT2D eigenvalue weighted by Gasteiger charge is -2.15. The Balaban J connectivity index is 1.62. The van der Waals surface area contributed by atoms with Crippen LogP contribution in [0.4, 0.5) is 0 Å². The number of aliphatic hydroxyl groups is 1. The van der Waals surface area contributed by atoms with Gasteiger partial charge in [0.05, 0.1) is 11.0 Å². The SMILES string of the molecule is O=C(NCCCC(=O)N1CC[C@H](O)C1)c1cccs1. The number of thiophene rings is 1. The Kier molecular flexibility index (Phi) is 4.93. The van der Waals surface area contributed by atoms with Crippen molar-refractivity contribution in [2.45, 2.75) is 25.4 Å². The Morgan fingerprint density at radius 2 is 2.37 bits per heavy atom. The fourth-order valence-electron chi connectivity index (χ4n) is 2.06. The van der Waals surface area contributed by atoms with Gasteiger partial charge in [0.15, 0.2) is 0 Å². The van der Waals surface area contributed by atoms with Crippen LogP contribution in [0.15, 0.2) is 17.5 Å². The number of carbonyl (C=O) groups is 2. The first-order valence-electron chi connectivity index (χ1n) is 6.44. The number of rotatable bonds is 5. The van der Waals surface area contributed by atoms with E-state index in [1.807, 2.05) is 11.4 Å². The smallest absolute Gasteiger partial charge is 0.261 e. The molecule has 2 rings (SSSR count). The molecule has 1 aliphatic heterocycles. The van der Waals surface area contributed by atoms with Crippen LogP contribution in [0.3, 0.4) is 0 Å². The Morgan fingerprint density at radius 1 is 1.53 bits per heavy atom. The zero-order valence-electron chi connectivity index (χ0n) is 10.7. The molecule has 1 aromatic rings. The standard InChI is InChI=1S/C13H18N2O3S/c16-10-5-7-15(9-10)12(17)4-1-6-14-13(18)11-3-2-8-19-11/h2-3,8,10,16H,1,4-7,9H2,(H,14,18)/t10-/m0/s1. The Hall–Kier alpha value is -1.40. The molecule has 0 unspecified atom stereocenters. The number of hydrogen-bond acceptors (Lipinski definition) is 4. The molecule has 1 saturated heterocycles. The molecule has 19 heavy (non-hydrogen) atoms. The number of hydrogen-bond donors (Lipinski definition) is 2. The van der Waals surface area contributed by atoms with Gasteiger partial charge in [-0.3, -0.25) is 9.59 Å². The molecule has 2 heterocycles. The second-order valence-electron chi connectivity index (χ2n) is 4.62. The molecule has 1 fully saturated rings. The highest BCUT2D eigenvalue weighted by atomic mass is 32.1. The number of carbonyl (C=O) groups excluding carboxylic acids is 2. The van der Waals surface area contributed by atoms with E-state index in [-0.39, 0.29) is 17.9 Å². The van der Waals surface area contributed by atoms with E-state index >= 15 is 0 Å². The summed E-state index contributed by atoms with van der Waals surface area (Å²) in [5.74, 6) is -0.0269. The monoisotopic (exact) mass is 282 g/mol. The summed E-state index contributed by atoms with van der Waals surface area (Å²) in [6.45, 7) is 1.58. The molecular formula is C13H18N2O3S. The van der Waals surface area contributed by atoms with E-state index in [4.69, 9.17) is 0 Å². The number of β-amino-alcohol motifs (C(OH)–C–C–N with tert-alkyl or cyclic N) is 1. The van der Waals surface area contributed by atoms with Gasteiger partial charge in [0.1, 0.15) is 0 Å². The quantitative estimate of drug-likeness (QED) is 0.787. The van der Waals surface area contributed by atoms with Crippen LogP contribution in [0.2, 0.25) is 0 Å². The number of nitrogens with zero attached hydrogens (tertiary/aromatic N) is 1. The molecular weight excluding hydrogens is 264 g/mol. The van der Waals surface area contributed by atoms with Crippen LogP contribution in [0.5, 0.6) is 0 Å². The van der Waals surface area contributed by atoms with Gasteiger partial charge >= 0.3 is 0 Å². The molecule has 0 spiro atoms. The predicted molar refractivity (Wildman–Crippen MR) is 73.1 cm³/mol. The molecule has 1 aromatic heterocycles. The second kappa shape index (κ2) is 6.68. The number of aliphatic hydroxyl groups excluding tert-OH is 1. The van der Waals surface area contributed by atoms with Crippen LogP contribution in [0.25, 0.3) is 0 Å². The third kappa shape index (κ3) is 4.04. The first-order valence-corrected chi connectivity index (χ1v) is 7.32. The van der Waals surface area contributed by atoms with Crippen molar-refractivity contribution in [1.29, 1.82) is 0 Å². The van der Waals surface area contributed by atoms with Crippen molar-refractivity contribution >= 4 is 23.2 Å². The second-order valence-corrected chi connectivity index (χ2v) is 5.57. The largest absolute Gasteiger partial charge is 0.391 e. The first kappa shape index (κ1) is 14.0. The van der Waals surface area contributed by atoms with Crippen molar-refractivity contribution in [1.82, 2.24) is 10.2 Å². The summed E-state index contributed by atoms with van der Waals surface area (Å²) >= 11 is 1.40. The molecule has 1 aliphatic rings. The molecule has 0 bridgehead atoms. The van der Waals surface area contributed by atoms with E-state index in [9.17, 15) is 14.7 Å². The van der Waals surface area contributed by atoms with Crippen molar-refractivity contribution in [3.8, 4) is 0 Å². The molecule has 0 saturated carbocycles. The van der Waals surface area contributed by atoms with Gasteiger partial charge in [0.25, 0.3) is 5.91 Å². The Morgan fingerprint density at radius 3 is 3.00 bits per heavy atom. The third-order valence-corrected chi connectivity index (χ3v) is 3.98. The molecule has 2 N–H and O–H groups in total. The summed E-state index contributed by atoms with van der Waals surface area (Å²) in [4.78, 5) is 25.8. The summed E-state index contributed by atoms with van der Waals surface area (Å²) < 4.78 is 0. The van der Waals surface area contributed by atoms with Crippen LogP contribution >= 0.6 is 11.3 Å². The van der Waals surface area contributed by atoms with E-state index in [2.05, 4.69) is 5.32 Å². The van der Waals surface area contributed by atoms with Crippen molar-refractivity contribution in [2.24, 2.45) is 0 Å². The summed E-state index contributed by atoms with van der Waals surface area (Å²) in [5.41, 5.74) is 0. The highest BCUT2D eigenvalue weighted by Gasteiger charge is 2.23. The van der Waals surface area contributed by atoms with Crippen LogP contribution in [0.1, 0.15) is 28.9 Å². The van der Waals surface area contributed by atoms with E-state index in [1.165, 1.54) is 11.3 Å². The molecule has 0 aromatic carbocycles. The lowest BCUT2D eigenvalue weighted by Crippen LogP contribution is -2.30.